The molecule has 1 aromatic carbocycles. The van der Waals surface area contributed by atoms with Crippen LogP contribution in [0.15, 0.2) is 40.0 Å². The number of aromatic nitrogens is 2. The van der Waals surface area contributed by atoms with Crippen LogP contribution >= 0.6 is 11.8 Å². The summed E-state index contributed by atoms with van der Waals surface area (Å²) in [6.45, 7) is 8.93. The molecule has 8 heteroatoms. The summed E-state index contributed by atoms with van der Waals surface area (Å²) in [6.07, 6.45) is 5.68. The van der Waals surface area contributed by atoms with E-state index in [4.69, 9.17) is 4.42 Å². The maximum Gasteiger partial charge on any atom is 0.286 e. The molecule has 3 rings (SSSR count). The fourth-order valence-corrected chi connectivity index (χ4v) is 5.09. The number of carbonyl (C=O) groups is 2. The quantitative estimate of drug-likeness (QED) is 0.316. The first kappa shape index (κ1) is 26.4. The minimum absolute atomic E-state index is 0.00223. The Hall–Kier alpha value is -2.19. The number of Topliss-reactive ketones (excluding diaryl/α,β-unsaturated/α-hetero) is 1. The number of nitrogens with one attached hydrogen (secondary N) is 1. The number of benzene rings is 1. The molecule has 34 heavy (non-hydrogen) atoms. The van der Waals surface area contributed by atoms with Crippen molar-refractivity contribution in [3.8, 4) is 0 Å². The second kappa shape index (κ2) is 13.6. The molecular weight excluding hydrogens is 448 g/mol. The monoisotopic (exact) mass is 486 g/mol. The summed E-state index contributed by atoms with van der Waals surface area (Å²) in [5.41, 5.74) is 1.28. The van der Waals surface area contributed by atoms with E-state index in [2.05, 4.69) is 51.6 Å². The van der Waals surface area contributed by atoms with Gasteiger partial charge < -0.3 is 9.73 Å². The van der Waals surface area contributed by atoms with E-state index in [1.165, 1.54) is 23.7 Å². The highest BCUT2D eigenvalue weighted by atomic mass is 32.2. The lowest BCUT2D eigenvalue weighted by atomic mass is 9.88. The van der Waals surface area contributed by atoms with Crippen molar-refractivity contribution in [1.29, 1.82) is 0 Å². The Morgan fingerprint density at radius 2 is 1.88 bits per heavy atom. The van der Waals surface area contributed by atoms with Crippen molar-refractivity contribution < 1.29 is 14.0 Å². The molecule has 1 aromatic heterocycles. The standard InChI is InChI=1S/C26H38N4O3S/c1-4-30(18-20-11-7-5-8-12-20)15-16-34-26-29-28-25(33-26)23(31)22(17-19(2)3)27-24(32)21-13-9-6-10-14-21/h5,7-8,11-12,19,21-22H,4,6,9-10,13-18H2,1-3H3,(H,27,32). The van der Waals surface area contributed by atoms with Crippen LogP contribution in [0.1, 0.15) is 75.5 Å². The van der Waals surface area contributed by atoms with Crippen molar-refractivity contribution in [2.75, 3.05) is 18.8 Å². The second-order valence-electron chi connectivity index (χ2n) is 9.47. The van der Waals surface area contributed by atoms with Crippen LogP contribution < -0.4 is 5.32 Å². The molecular formula is C26H38N4O3S. The highest BCUT2D eigenvalue weighted by molar-refractivity contribution is 7.99. The topological polar surface area (TPSA) is 88.3 Å². The summed E-state index contributed by atoms with van der Waals surface area (Å²) in [4.78, 5) is 28.2. The van der Waals surface area contributed by atoms with Gasteiger partial charge in [0.15, 0.2) is 0 Å². The molecule has 1 unspecified atom stereocenters. The molecule has 0 spiro atoms. The maximum absolute atomic E-state index is 13.1. The van der Waals surface area contributed by atoms with Gasteiger partial charge in [0.2, 0.25) is 11.7 Å². The second-order valence-corrected chi connectivity index (χ2v) is 10.5. The molecule has 1 atom stereocenters. The SMILES string of the molecule is CCN(CCSc1nnc(C(=O)C(CC(C)C)NC(=O)C2CCCCC2)o1)Cc1ccccc1. The third kappa shape index (κ3) is 8.24. The highest BCUT2D eigenvalue weighted by Gasteiger charge is 2.30. The fraction of sp³-hybridized carbons (Fsp3) is 0.615. The van der Waals surface area contributed by atoms with Crippen LogP contribution in [0, 0.1) is 11.8 Å². The summed E-state index contributed by atoms with van der Waals surface area (Å²) >= 11 is 1.45. The highest BCUT2D eigenvalue weighted by Crippen LogP contribution is 2.24. The van der Waals surface area contributed by atoms with Gasteiger partial charge in [-0.1, -0.05) is 82.1 Å². The molecule has 1 aliphatic carbocycles. The van der Waals surface area contributed by atoms with Gasteiger partial charge in [0, 0.05) is 24.8 Å². The van der Waals surface area contributed by atoms with Crippen molar-refractivity contribution in [3.63, 3.8) is 0 Å². The van der Waals surface area contributed by atoms with Crippen LogP contribution in [0.25, 0.3) is 0 Å². The predicted octanol–water partition coefficient (Wildman–Crippen LogP) is 4.98. The zero-order valence-corrected chi connectivity index (χ0v) is 21.5. The number of hydrogen-bond donors (Lipinski definition) is 1. The van der Waals surface area contributed by atoms with E-state index in [1.807, 2.05) is 19.9 Å². The summed E-state index contributed by atoms with van der Waals surface area (Å²) in [7, 11) is 0. The Morgan fingerprint density at radius 3 is 2.56 bits per heavy atom. The smallest absolute Gasteiger partial charge is 0.286 e. The Kier molecular flexibility index (Phi) is 10.6. The number of thioether (sulfide) groups is 1. The molecule has 0 radical (unpaired) electrons. The molecule has 1 fully saturated rings. The van der Waals surface area contributed by atoms with E-state index in [1.54, 1.807) is 0 Å². The zero-order valence-electron chi connectivity index (χ0n) is 20.7. The molecule has 1 saturated carbocycles. The first-order valence-electron chi connectivity index (χ1n) is 12.5. The number of ketones is 1. The summed E-state index contributed by atoms with van der Waals surface area (Å²) in [5, 5.41) is 11.4. The van der Waals surface area contributed by atoms with Gasteiger partial charge >= 0.3 is 0 Å². The van der Waals surface area contributed by atoms with Gasteiger partial charge in [-0.05, 0) is 37.3 Å². The first-order valence-corrected chi connectivity index (χ1v) is 13.5. The normalized spacial score (nSPS) is 15.6. The molecule has 7 nitrogen and oxygen atoms in total. The van der Waals surface area contributed by atoms with Crippen LogP contribution in [0.3, 0.4) is 0 Å². The lowest BCUT2D eigenvalue weighted by Gasteiger charge is -2.24. The first-order chi connectivity index (χ1) is 16.5. The minimum atomic E-state index is -0.630. The molecule has 0 aliphatic heterocycles. The van der Waals surface area contributed by atoms with Crippen molar-refractivity contribution in [2.24, 2.45) is 11.8 Å². The molecule has 2 aromatic rings. The average molecular weight is 487 g/mol. The fourth-order valence-electron chi connectivity index (χ4n) is 4.33. The maximum atomic E-state index is 13.1. The molecule has 0 bridgehead atoms. The van der Waals surface area contributed by atoms with Gasteiger partial charge in [-0.3, -0.25) is 14.5 Å². The molecule has 1 amide bonds. The van der Waals surface area contributed by atoms with E-state index in [0.717, 1.165) is 51.1 Å². The molecule has 1 N–H and O–H groups in total. The van der Waals surface area contributed by atoms with Crippen molar-refractivity contribution in [1.82, 2.24) is 20.4 Å². The van der Waals surface area contributed by atoms with Gasteiger partial charge in [-0.25, -0.2) is 0 Å². The van der Waals surface area contributed by atoms with Gasteiger partial charge in [-0.15, -0.1) is 10.2 Å². The van der Waals surface area contributed by atoms with Crippen molar-refractivity contribution in [3.05, 3.63) is 41.8 Å². The summed E-state index contributed by atoms with van der Waals surface area (Å²) in [6, 6.07) is 9.77. The van der Waals surface area contributed by atoms with Gasteiger partial charge in [0.25, 0.3) is 11.1 Å². The zero-order chi connectivity index (χ0) is 24.3. The Bertz CT molecular complexity index is 896. The predicted molar refractivity (Wildman–Crippen MR) is 135 cm³/mol. The van der Waals surface area contributed by atoms with E-state index in [-0.39, 0.29) is 29.4 Å². The Labute approximate surface area is 207 Å². The Balaban J connectivity index is 1.53. The minimum Gasteiger partial charge on any atom is -0.408 e. The third-order valence-corrected chi connectivity index (χ3v) is 7.06. The number of carbonyl (C=O) groups excluding carboxylic acids is 2. The average Bonchev–Trinajstić information content (AvgIpc) is 3.32. The van der Waals surface area contributed by atoms with Gasteiger partial charge in [0.05, 0.1) is 6.04 Å². The molecule has 1 heterocycles. The molecule has 186 valence electrons. The summed E-state index contributed by atoms with van der Waals surface area (Å²) < 4.78 is 5.69. The van der Waals surface area contributed by atoms with Crippen LogP contribution in [0.4, 0.5) is 0 Å². The third-order valence-electron chi connectivity index (χ3n) is 6.26. The molecule has 0 saturated heterocycles. The van der Waals surface area contributed by atoms with Crippen molar-refractivity contribution in [2.45, 2.75) is 77.1 Å². The molecule has 1 aliphatic rings. The lowest BCUT2D eigenvalue weighted by molar-refractivity contribution is -0.126. The van der Waals surface area contributed by atoms with Crippen LogP contribution in [0.5, 0.6) is 0 Å². The van der Waals surface area contributed by atoms with Crippen LogP contribution in [-0.2, 0) is 11.3 Å². The van der Waals surface area contributed by atoms with E-state index in [9.17, 15) is 9.59 Å². The largest absolute Gasteiger partial charge is 0.408 e. The summed E-state index contributed by atoms with van der Waals surface area (Å²) in [5.74, 6) is 0.699. The van der Waals surface area contributed by atoms with Gasteiger partial charge in [-0.2, -0.15) is 0 Å². The van der Waals surface area contributed by atoms with E-state index in [0.29, 0.717) is 11.6 Å². The van der Waals surface area contributed by atoms with Crippen LogP contribution in [0.2, 0.25) is 0 Å². The Morgan fingerprint density at radius 1 is 1.15 bits per heavy atom. The number of hydrogen-bond acceptors (Lipinski definition) is 7. The van der Waals surface area contributed by atoms with Gasteiger partial charge in [0.1, 0.15) is 0 Å². The lowest BCUT2D eigenvalue weighted by Crippen LogP contribution is -2.45. The van der Waals surface area contributed by atoms with E-state index >= 15 is 0 Å². The number of rotatable bonds is 13. The number of nitrogens with zero attached hydrogens (tertiary/aromatic N) is 3. The van der Waals surface area contributed by atoms with E-state index < -0.39 is 6.04 Å². The van der Waals surface area contributed by atoms with Crippen LogP contribution in [-0.4, -0.2) is 51.7 Å². The van der Waals surface area contributed by atoms with Crippen molar-refractivity contribution >= 4 is 23.5 Å². The number of amides is 1.